The molecule has 0 spiro atoms. The number of ether oxygens (including phenoxy) is 1. The highest BCUT2D eigenvalue weighted by atomic mass is 19.1. The molecule has 31 heavy (non-hydrogen) atoms. The summed E-state index contributed by atoms with van der Waals surface area (Å²) < 4.78 is 19.0. The number of rotatable bonds is 6. The molecular formula is C24H28FN3O3. The van der Waals surface area contributed by atoms with Gasteiger partial charge < -0.3 is 14.5 Å². The molecule has 7 heteroatoms. The summed E-state index contributed by atoms with van der Waals surface area (Å²) in [5.74, 6) is -0.194. The molecule has 6 nitrogen and oxygen atoms in total. The van der Waals surface area contributed by atoms with Crippen molar-refractivity contribution in [2.75, 3.05) is 33.3 Å². The smallest absolute Gasteiger partial charge is 0.236 e. The average Bonchev–Trinajstić information content (AvgIpc) is 3.12. The Morgan fingerprint density at radius 3 is 2.58 bits per heavy atom. The van der Waals surface area contributed by atoms with Crippen LogP contribution in [0.1, 0.15) is 17.5 Å². The van der Waals surface area contributed by atoms with Crippen LogP contribution in [-0.4, -0.2) is 71.9 Å². The van der Waals surface area contributed by atoms with E-state index in [0.29, 0.717) is 39.2 Å². The molecule has 2 saturated heterocycles. The van der Waals surface area contributed by atoms with Crippen LogP contribution in [0.15, 0.2) is 54.6 Å². The van der Waals surface area contributed by atoms with E-state index in [9.17, 15) is 14.0 Å². The SMILES string of the molecule is CN(CC(=O)N1C[C@@H]2OCCC(=O)N(Cc3ccccc3)[C@H]2C1)Cc1ccc(F)cc1. The van der Waals surface area contributed by atoms with Crippen molar-refractivity contribution in [3.05, 3.63) is 71.5 Å². The Morgan fingerprint density at radius 1 is 1.10 bits per heavy atom. The van der Waals surface area contributed by atoms with Crippen LogP contribution in [0.25, 0.3) is 0 Å². The third kappa shape index (κ3) is 5.29. The third-order valence-corrected chi connectivity index (χ3v) is 5.92. The van der Waals surface area contributed by atoms with E-state index in [2.05, 4.69) is 0 Å². The van der Waals surface area contributed by atoms with E-state index in [1.165, 1.54) is 12.1 Å². The van der Waals surface area contributed by atoms with Crippen molar-refractivity contribution in [2.45, 2.75) is 31.7 Å². The van der Waals surface area contributed by atoms with Gasteiger partial charge in [-0.2, -0.15) is 0 Å². The lowest BCUT2D eigenvalue weighted by Gasteiger charge is -2.29. The number of carbonyl (C=O) groups excluding carboxylic acids is 2. The lowest BCUT2D eigenvalue weighted by atomic mass is 10.1. The third-order valence-electron chi connectivity index (χ3n) is 5.92. The summed E-state index contributed by atoms with van der Waals surface area (Å²) in [7, 11) is 1.87. The highest BCUT2D eigenvalue weighted by Crippen LogP contribution is 2.25. The number of likely N-dealkylation sites (N-methyl/N-ethyl adjacent to an activating group) is 1. The summed E-state index contributed by atoms with van der Waals surface area (Å²) in [4.78, 5) is 31.3. The van der Waals surface area contributed by atoms with Gasteiger partial charge in [-0.1, -0.05) is 42.5 Å². The quantitative estimate of drug-likeness (QED) is 0.713. The molecule has 4 rings (SSSR count). The van der Waals surface area contributed by atoms with Gasteiger partial charge >= 0.3 is 0 Å². The molecule has 0 bridgehead atoms. The fourth-order valence-electron chi connectivity index (χ4n) is 4.32. The van der Waals surface area contributed by atoms with E-state index in [-0.39, 0.29) is 36.3 Å². The first-order valence-electron chi connectivity index (χ1n) is 10.7. The van der Waals surface area contributed by atoms with Crippen molar-refractivity contribution in [2.24, 2.45) is 0 Å². The van der Waals surface area contributed by atoms with Gasteiger partial charge in [0.1, 0.15) is 5.82 Å². The van der Waals surface area contributed by atoms with Crippen LogP contribution in [-0.2, 0) is 27.4 Å². The predicted octanol–water partition coefficient (Wildman–Crippen LogP) is 2.29. The molecule has 0 aliphatic carbocycles. The van der Waals surface area contributed by atoms with Crippen molar-refractivity contribution in [3.63, 3.8) is 0 Å². The molecule has 0 N–H and O–H groups in total. The summed E-state index contributed by atoms with van der Waals surface area (Å²) in [6.07, 6.45) is 0.204. The highest BCUT2D eigenvalue weighted by molar-refractivity contribution is 5.80. The van der Waals surface area contributed by atoms with Gasteiger partial charge in [0, 0.05) is 26.2 Å². The zero-order valence-corrected chi connectivity index (χ0v) is 17.7. The minimum absolute atomic E-state index is 0.00777. The van der Waals surface area contributed by atoms with E-state index >= 15 is 0 Å². The van der Waals surface area contributed by atoms with E-state index in [1.807, 2.05) is 47.2 Å². The van der Waals surface area contributed by atoms with Crippen molar-refractivity contribution >= 4 is 11.8 Å². The van der Waals surface area contributed by atoms with Crippen molar-refractivity contribution in [3.8, 4) is 0 Å². The molecule has 0 radical (unpaired) electrons. The molecule has 2 fully saturated rings. The number of carbonyl (C=O) groups is 2. The van der Waals surface area contributed by atoms with Gasteiger partial charge in [-0.3, -0.25) is 14.5 Å². The second-order valence-electron chi connectivity index (χ2n) is 8.33. The summed E-state index contributed by atoms with van der Waals surface area (Å²) in [5.41, 5.74) is 2.02. The monoisotopic (exact) mass is 425 g/mol. The van der Waals surface area contributed by atoms with Crippen LogP contribution in [0.2, 0.25) is 0 Å². The summed E-state index contributed by atoms with van der Waals surface area (Å²) in [6.45, 7) is 2.69. The zero-order chi connectivity index (χ0) is 21.8. The van der Waals surface area contributed by atoms with E-state index in [4.69, 9.17) is 4.74 Å². The molecule has 2 amide bonds. The number of benzene rings is 2. The van der Waals surface area contributed by atoms with E-state index < -0.39 is 0 Å². The van der Waals surface area contributed by atoms with Crippen LogP contribution >= 0.6 is 0 Å². The van der Waals surface area contributed by atoms with Crippen LogP contribution < -0.4 is 0 Å². The first-order valence-corrected chi connectivity index (χ1v) is 10.7. The molecule has 2 aliphatic rings. The predicted molar refractivity (Wildman–Crippen MR) is 114 cm³/mol. The lowest BCUT2D eigenvalue weighted by Crippen LogP contribution is -2.45. The summed E-state index contributed by atoms with van der Waals surface area (Å²) in [6, 6.07) is 16.1. The van der Waals surface area contributed by atoms with Crippen LogP contribution in [0.3, 0.4) is 0 Å². The number of amides is 2. The van der Waals surface area contributed by atoms with E-state index in [1.54, 1.807) is 17.0 Å². The molecule has 2 aromatic carbocycles. The highest BCUT2D eigenvalue weighted by Gasteiger charge is 2.42. The minimum atomic E-state index is -0.271. The standard InChI is InChI=1S/C24H28FN3O3/c1-26(13-19-7-9-20(25)10-8-19)17-24(30)27-15-21-22(16-27)31-12-11-23(29)28(21)14-18-5-3-2-4-6-18/h2-10,21-22H,11-17H2,1H3/t21-,22-/m0/s1. The van der Waals surface area contributed by atoms with Crippen LogP contribution in [0.5, 0.6) is 0 Å². The Labute approximate surface area is 182 Å². The van der Waals surface area contributed by atoms with Gasteiger partial charge in [-0.25, -0.2) is 4.39 Å². The topological polar surface area (TPSA) is 53.1 Å². The average molecular weight is 426 g/mol. The Kier molecular flexibility index (Phi) is 6.63. The molecule has 0 saturated carbocycles. The first kappa shape index (κ1) is 21.5. The Morgan fingerprint density at radius 2 is 1.84 bits per heavy atom. The van der Waals surface area contributed by atoms with E-state index in [0.717, 1.165) is 11.1 Å². The maximum Gasteiger partial charge on any atom is 0.236 e. The number of nitrogens with zero attached hydrogens (tertiary/aromatic N) is 3. The second-order valence-corrected chi connectivity index (χ2v) is 8.33. The van der Waals surface area contributed by atoms with Gasteiger partial charge in [0.15, 0.2) is 0 Å². The van der Waals surface area contributed by atoms with Crippen LogP contribution in [0.4, 0.5) is 4.39 Å². The van der Waals surface area contributed by atoms with Gasteiger partial charge in [0.05, 0.1) is 31.7 Å². The maximum atomic E-state index is 13.1. The molecule has 0 aromatic heterocycles. The number of hydrogen-bond acceptors (Lipinski definition) is 4. The molecule has 2 aliphatic heterocycles. The minimum Gasteiger partial charge on any atom is -0.374 e. The molecular weight excluding hydrogens is 397 g/mol. The van der Waals surface area contributed by atoms with Crippen molar-refractivity contribution in [1.29, 1.82) is 0 Å². The second kappa shape index (κ2) is 9.58. The first-order chi connectivity index (χ1) is 15.0. The molecule has 0 unspecified atom stereocenters. The Balaban J connectivity index is 1.39. The van der Waals surface area contributed by atoms with Crippen molar-refractivity contribution < 1.29 is 18.7 Å². The Hall–Kier alpha value is -2.77. The zero-order valence-electron chi connectivity index (χ0n) is 17.7. The maximum absolute atomic E-state index is 13.1. The Bertz CT molecular complexity index is 906. The largest absolute Gasteiger partial charge is 0.374 e. The van der Waals surface area contributed by atoms with Gasteiger partial charge in [-0.15, -0.1) is 0 Å². The van der Waals surface area contributed by atoms with Crippen molar-refractivity contribution in [1.82, 2.24) is 14.7 Å². The summed E-state index contributed by atoms with van der Waals surface area (Å²) in [5, 5.41) is 0. The lowest BCUT2D eigenvalue weighted by molar-refractivity contribution is -0.135. The molecule has 2 heterocycles. The number of likely N-dealkylation sites (tertiary alicyclic amines) is 1. The molecule has 2 aromatic rings. The number of hydrogen-bond donors (Lipinski definition) is 0. The van der Waals surface area contributed by atoms with Gasteiger partial charge in [-0.05, 0) is 30.3 Å². The molecule has 2 atom stereocenters. The fraction of sp³-hybridized carbons (Fsp3) is 0.417. The fourth-order valence-corrected chi connectivity index (χ4v) is 4.32. The normalized spacial score (nSPS) is 21.3. The summed E-state index contributed by atoms with van der Waals surface area (Å²) >= 11 is 0. The van der Waals surface area contributed by atoms with Gasteiger partial charge in [0.2, 0.25) is 11.8 Å². The number of fused-ring (bicyclic) bond motifs is 1. The van der Waals surface area contributed by atoms with Crippen LogP contribution in [0, 0.1) is 5.82 Å². The van der Waals surface area contributed by atoms with Gasteiger partial charge in [0.25, 0.3) is 0 Å². The number of halogens is 1. The molecule has 164 valence electrons.